The topological polar surface area (TPSA) is 75.8 Å². The summed E-state index contributed by atoms with van der Waals surface area (Å²) < 4.78 is 5.65. The van der Waals surface area contributed by atoms with Crippen molar-refractivity contribution in [2.24, 2.45) is 0 Å². The number of nitrogens with zero attached hydrogens (tertiary/aromatic N) is 1. The number of aromatic carboxylic acids is 1. The highest BCUT2D eigenvalue weighted by Crippen LogP contribution is 2.26. The van der Waals surface area contributed by atoms with E-state index >= 15 is 0 Å². The first-order valence-electron chi connectivity index (χ1n) is 6.00. The van der Waals surface area contributed by atoms with E-state index in [-0.39, 0.29) is 17.8 Å². The maximum atomic E-state index is 11.3. The lowest BCUT2D eigenvalue weighted by Crippen LogP contribution is -2.46. The average Bonchev–Trinajstić information content (AvgIpc) is 2.27. The SMILES string of the molecule is C[C@H]1CN(c2ccc(N)cc2C(=O)O)C[C@H](C)O1. The lowest BCUT2D eigenvalue weighted by Gasteiger charge is -2.37. The average molecular weight is 250 g/mol. The third-order valence-electron chi connectivity index (χ3n) is 3.01. The van der Waals surface area contributed by atoms with E-state index in [0.29, 0.717) is 24.5 Å². The van der Waals surface area contributed by atoms with Gasteiger partial charge in [-0.25, -0.2) is 4.79 Å². The highest BCUT2D eigenvalue weighted by Gasteiger charge is 2.25. The molecule has 2 rings (SSSR count). The van der Waals surface area contributed by atoms with Gasteiger partial charge >= 0.3 is 5.97 Å². The summed E-state index contributed by atoms with van der Waals surface area (Å²) in [7, 11) is 0. The van der Waals surface area contributed by atoms with Crippen LogP contribution >= 0.6 is 0 Å². The first-order valence-corrected chi connectivity index (χ1v) is 6.00. The second-order valence-electron chi connectivity index (χ2n) is 4.74. The number of hydrogen-bond acceptors (Lipinski definition) is 4. The zero-order chi connectivity index (χ0) is 13.3. The number of hydrogen-bond donors (Lipinski definition) is 2. The van der Waals surface area contributed by atoms with Crippen molar-refractivity contribution in [3.05, 3.63) is 23.8 Å². The van der Waals surface area contributed by atoms with Gasteiger partial charge < -0.3 is 20.5 Å². The smallest absolute Gasteiger partial charge is 0.337 e. The van der Waals surface area contributed by atoms with Crippen molar-refractivity contribution in [1.29, 1.82) is 0 Å². The number of anilines is 2. The summed E-state index contributed by atoms with van der Waals surface area (Å²) in [5, 5.41) is 9.24. The molecule has 0 aromatic heterocycles. The summed E-state index contributed by atoms with van der Waals surface area (Å²) in [5.74, 6) is -0.955. The van der Waals surface area contributed by atoms with Crippen molar-refractivity contribution in [2.75, 3.05) is 23.7 Å². The number of benzene rings is 1. The number of ether oxygens (including phenoxy) is 1. The van der Waals surface area contributed by atoms with Gasteiger partial charge in [0.15, 0.2) is 0 Å². The summed E-state index contributed by atoms with van der Waals surface area (Å²) in [4.78, 5) is 13.3. The van der Waals surface area contributed by atoms with Crippen molar-refractivity contribution in [3.8, 4) is 0 Å². The van der Waals surface area contributed by atoms with Crippen LogP contribution in [-0.4, -0.2) is 36.4 Å². The van der Waals surface area contributed by atoms with E-state index in [0.717, 1.165) is 0 Å². The van der Waals surface area contributed by atoms with E-state index in [1.807, 2.05) is 18.7 Å². The lowest BCUT2D eigenvalue weighted by molar-refractivity contribution is -0.00531. The molecule has 1 aromatic carbocycles. The highest BCUT2D eigenvalue weighted by atomic mass is 16.5. The minimum Gasteiger partial charge on any atom is -0.478 e. The lowest BCUT2D eigenvalue weighted by atomic mass is 10.1. The van der Waals surface area contributed by atoms with E-state index in [4.69, 9.17) is 10.5 Å². The van der Waals surface area contributed by atoms with Crippen LogP contribution in [0.5, 0.6) is 0 Å². The van der Waals surface area contributed by atoms with Crippen LogP contribution in [0.3, 0.4) is 0 Å². The van der Waals surface area contributed by atoms with Crippen LogP contribution in [0, 0.1) is 0 Å². The third-order valence-corrected chi connectivity index (χ3v) is 3.01. The number of nitrogen functional groups attached to an aromatic ring is 1. The molecule has 0 aliphatic carbocycles. The Labute approximate surface area is 106 Å². The Hall–Kier alpha value is -1.75. The van der Waals surface area contributed by atoms with Gasteiger partial charge in [0.1, 0.15) is 0 Å². The van der Waals surface area contributed by atoms with Gasteiger partial charge in [-0.3, -0.25) is 0 Å². The van der Waals surface area contributed by atoms with Crippen LogP contribution < -0.4 is 10.6 Å². The number of rotatable bonds is 2. The van der Waals surface area contributed by atoms with Crippen molar-refractivity contribution < 1.29 is 14.6 Å². The van der Waals surface area contributed by atoms with Gasteiger partial charge in [-0.2, -0.15) is 0 Å². The molecule has 5 heteroatoms. The molecule has 1 aliphatic rings. The maximum Gasteiger partial charge on any atom is 0.337 e. The predicted molar refractivity (Wildman–Crippen MR) is 70.0 cm³/mol. The first-order chi connectivity index (χ1) is 8.47. The highest BCUT2D eigenvalue weighted by molar-refractivity contribution is 5.95. The Bertz CT molecular complexity index is 452. The number of carbonyl (C=O) groups is 1. The quantitative estimate of drug-likeness (QED) is 0.779. The minimum atomic E-state index is -0.955. The Morgan fingerprint density at radius 3 is 2.56 bits per heavy atom. The van der Waals surface area contributed by atoms with E-state index < -0.39 is 5.97 Å². The summed E-state index contributed by atoms with van der Waals surface area (Å²) >= 11 is 0. The molecule has 1 aliphatic heterocycles. The molecular formula is C13H18N2O3. The molecule has 0 radical (unpaired) electrons. The monoisotopic (exact) mass is 250 g/mol. The van der Waals surface area contributed by atoms with E-state index in [2.05, 4.69) is 0 Å². The van der Waals surface area contributed by atoms with Gasteiger partial charge in [-0.05, 0) is 32.0 Å². The van der Waals surface area contributed by atoms with Crippen molar-refractivity contribution in [3.63, 3.8) is 0 Å². The number of carboxylic acids is 1. The molecule has 3 N–H and O–H groups in total. The first kappa shape index (κ1) is 12.7. The zero-order valence-corrected chi connectivity index (χ0v) is 10.6. The summed E-state index contributed by atoms with van der Waals surface area (Å²) in [5.41, 5.74) is 7.06. The molecule has 1 saturated heterocycles. The number of carboxylic acid groups (broad SMARTS) is 1. The standard InChI is InChI=1S/C13H18N2O3/c1-8-6-15(7-9(2)18-8)12-4-3-10(14)5-11(12)13(16)17/h3-5,8-9H,6-7,14H2,1-2H3,(H,16,17)/t8-,9-/m0/s1. The minimum absolute atomic E-state index is 0.0907. The van der Waals surface area contributed by atoms with Gasteiger partial charge in [-0.15, -0.1) is 0 Å². The van der Waals surface area contributed by atoms with E-state index in [1.54, 1.807) is 12.1 Å². The Balaban J connectivity index is 2.35. The zero-order valence-electron chi connectivity index (χ0n) is 10.6. The largest absolute Gasteiger partial charge is 0.478 e. The molecule has 98 valence electrons. The molecule has 1 heterocycles. The Morgan fingerprint density at radius 1 is 1.39 bits per heavy atom. The summed E-state index contributed by atoms with van der Waals surface area (Å²) in [6.07, 6.45) is 0.181. The fourth-order valence-corrected chi connectivity index (χ4v) is 2.38. The normalized spacial score (nSPS) is 24.0. The van der Waals surface area contributed by atoms with Crippen LogP contribution in [0.4, 0.5) is 11.4 Å². The molecule has 0 spiro atoms. The van der Waals surface area contributed by atoms with Crippen LogP contribution in [0.2, 0.25) is 0 Å². The maximum absolute atomic E-state index is 11.3. The molecule has 0 bridgehead atoms. The van der Waals surface area contributed by atoms with Gasteiger partial charge in [-0.1, -0.05) is 0 Å². The van der Waals surface area contributed by atoms with Crippen LogP contribution in [-0.2, 0) is 4.74 Å². The second-order valence-corrected chi connectivity index (χ2v) is 4.74. The van der Waals surface area contributed by atoms with Gasteiger partial charge in [0, 0.05) is 18.8 Å². The van der Waals surface area contributed by atoms with Crippen molar-refractivity contribution >= 4 is 17.3 Å². The van der Waals surface area contributed by atoms with E-state index in [9.17, 15) is 9.90 Å². The molecule has 5 nitrogen and oxygen atoms in total. The molecule has 0 unspecified atom stereocenters. The second kappa shape index (κ2) is 4.86. The summed E-state index contributed by atoms with van der Waals surface area (Å²) in [6.45, 7) is 5.35. The summed E-state index contributed by atoms with van der Waals surface area (Å²) in [6, 6.07) is 5.00. The van der Waals surface area contributed by atoms with Crippen LogP contribution in [0.1, 0.15) is 24.2 Å². The number of morpholine rings is 1. The van der Waals surface area contributed by atoms with Gasteiger partial charge in [0.25, 0.3) is 0 Å². The van der Waals surface area contributed by atoms with Gasteiger partial charge in [0.2, 0.25) is 0 Å². The Kier molecular flexibility index (Phi) is 3.43. The predicted octanol–water partition coefficient (Wildman–Crippen LogP) is 1.58. The Morgan fingerprint density at radius 2 is 2.00 bits per heavy atom. The van der Waals surface area contributed by atoms with Crippen LogP contribution in [0.25, 0.3) is 0 Å². The number of nitrogens with two attached hydrogens (primary N) is 1. The molecule has 0 amide bonds. The van der Waals surface area contributed by atoms with Crippen molar-refractivity contribution in [1.82, 2.24) is 0 Å². The van der Waals surface area contributed by atoms with Crippen molar-refractivity contribution in [2.45, 2.75) is 26.1 Å². The third kappa shape index (κ3) is 2.56. The fourth-order valence-electron chi connectivity index (χ4n) is 2.38. The molecular weight excluding hydrogens is 232 g/mol. The molecule has 2 atom stereocenters. The molecule has 0 saturated carbocycles. The molecule has 18 heavy (non-hydrogen) atoms. The van der Waals surface area contributed by atoms with Gasteiger partial charge in [0.05, 0.1) is 23.5 Å². The van der Waals surface area contributed by atoms with Crippen LogP contribution in [0.15, 0.2) is 18.2 Å². The molecule has 1 fully saturated rings. The molecule has 1 aromatic rings. The fraction of sp³-hybridized carbons (Fsp3) is 0.462. The van der Waals surface area contributed by atoms with E-state index in [1.165, 1.54) is 6.07 Å².